The van der Waals surface area contributed by atoms with Crippen LogP contribution < -0.4 is 5.43 Å². The van der Waals surface area contributed by atoms with Crippen LogP contribution in [0.3, 0.4) is 0 Å². The minimum atomic E-state index is -0.278. The molecule has 0 aliphatic rings. The van der Waals surface area contributed by atoms with Crippen molar-refractivity contribution in [2.24, 2.45) is 5.10 Å². The zero-order valence-corrected chi connectivity index (χ0v) is 13.1. The average Bonchev–Trinajstić information content (AvgIpc) is 3.17. The lowest BCUT2D eigenvalue weighted by Gasteiger charge is -2.02. The molecule has 7 heteroatoms. The Morgan fingerprint density at radius 2 is 1.92 bits per heavy atom. The minimum absolute atomic E-state index is 0.278. The maximum atomic E-state index is 12.1. The van der Waals surface area contributed by atoms with E-state index in [1.807, 2.05) is 24.3 Å². The van der Waals surface area contributed by atoms with Crippen LogP contribution in [0.4, 0.5) is 0 Å². The number of carbonyl (C=O) groups excluding carboxylic acids is 1. The Bertz CT molecular complexity index is 823. The van der Waals surface area contributed by atoms with E-state index < -0.39 is 0 Å². The molecule has 3 rings (SSSR count). The quantitative estimate of drug-likeness (QED) is 0.575. The van der Waals surface area contributed by atoms with Gasteiger partial charge < -0.3 is 0 Å². The molecule has 1 heterocycles. The lowest BCUT2D eigenvalue weighted by Crippen LogP contribution is -2.17. The number of tetrazole rings is 1. The number of rotatable bonds is 5. The number of hydrazone groups is 1. The Labute approximate surface area is 139 Å². The molecule has 7 nitrogen and oxygen atoms in total. The number of hydrogen-bond acceptors (Lipinski definition) is 5. The molecule has 2 aromatic carbocycles. The molecule has 0 aliphatic heterocycles. The first-order chi connectivity index (χ1) is 11.8. The van der Waals surface area contributed by atoms with Crippen LogP contribution in [0.15, 0.2) is 60.0 Å². The molecule has 0 unspecified atom stereocenters. The van der Waals surface area contributed by atoms with Crippen molar-refractivity contribution in [3.05, 3.63) is 71.5 Å². The molecule has 1 aromatic heterocycles. The molecule has 0 bridgehead atoms. The fourth-order valence-electron chi connectivity index (χ4n) is 2.11. The van der Waals surface area contributed by atoms with Crippen LogP contribution in [0.1, 0.15) is 28.4 Å². The fraction of sp³-hybridized carbons (Fsp3) is 0.118. The van der Waals surface area contributed by atoms with Gasteiger partial charge in [-0.3, -0.25) is 4.79 Å². The topological polar surface area (TPSA) is 85.1 Å². The minimum Gasteiger partial charge on any atom is -0.267 e. The van der Waals surface area contributed by atoms with E-state index in [0.29, 0.717) is 5.56 Å². The smallest absolute Gasteiger partial charge is 0.267 e. The highest BCUT2D eigenvalue weighted by atomic mass is 16.2. The highest BCUT2D eigenvalue weighted by Gasteiger charge is 2.05. The molecule has 1 amide bonds. The maximum Gasteiger partial charge on any atom is 0.271 e. The van der Waals surface area contributed by atoms with Crippen LogP contribution in [0.25, 0.3) is 5.69 Å². The van der Waals surface area contributed by atoms with Crippen molar-refractivity contribution >= 4 is 12.1 Å². The van der Waals surface area contributed by atoms with Gasteiger partial charge in [0.1, 0.15) is 6.33 Å². The highest BCUT2D eigenvalue weighted by molar-refractivity contribution is 5.95. The Morgan fingerprint density at radius 3 is 2.54 bits per heavy atom. The predicted molar refractivity (Wildman–Crippen MR) is 90.0 cm³/mol. The number of nitrogens with one attached hydrogen (secondary N) is 1. The maximum absolute atomic E-state index is 12.1. The number of nitrogens with zero attached hydrogens (tertiary/aromatic N) is 5. The van der Waals surface area contributed by atoms with Gasteiger partial charge in [-0.25, -0.2) is 10.1 Å². The van der Waals surface area contributed by atoms with Gasteiger partial charge in [0.15, 0.2) is 0 Å². The zero-order chi connectivity index (χ0) is 16.8. The molecule has 1 N–H and O–H groups in total. The van der Waals surface area contributed by atoms with Crippen molar-refractivity contribution in [2.45, 2.75) is 13.3 Å². The van der Waals surface area contributed by atoms with Gasteiger partial charge in [0.05, 0.1) is 11.9 Å². The number of hydrogen-bond donors (Lipinski definition) is 1. The van der Waals surface area contributed by atoms with E-state index in [1.54, 1.807) is 30.5 Å². The summed E-state index contributed by atoms with van der Waals surface area (Å²) >= 11 is 0. The van der Waals surface area contributed by atoms with Crippen molar-refractivity contribution in [3.8, 4) is 5.69 Å². The summed E-state index contributed by atoms with van der Waals surface area (Å²) in [7, 11) is 0. The second-order valence-electron chi connectivity index (χ2n) is 5.10. The van der Waals surface area contributed by atoms with Gasteiger partial charge in [0.2, 0.25) is 0 Å². The first-order valence-corrected chi connectivity index (χ1v) is 7.52. The van der Waals surface area contributed by atoms with E-state index in [2.05, 4.69) is 33.0 Å². The van der Waals surface area contributed by atoms with Gasteiger partial charge in [-0.1, -0.05) is 31.2 Å². The van der Waals surface area contributed by atoms with Gasteiger partial charge in [0, 0.05) is 5.56 Å². The Hall–Kier alpha value is -3.35. The molecule has 0 radical (unpaired) electrons. The molecule has 0 saturated heterocycles. The van der Waals surface area contributed by atoms with Gasteiger partial charge in [0.25, 0.3) is 5.91 Å². The fourth-order valence-corrected chi connectivity index (χ4v) is 2.11. The summed E-state index contributed by atoms with van der Waals surface area (Å²) in [6.07, 6.45) is 4.10. The highest BCUT2D eigenvalue weighted by Crippen LogP contribution is 2.07. The van der Waals surface area contributed by atoms with Crippen molar-refractivity contribution in [3.63, 3.8) is 0 Å². The van der Waals surface area contributed by atoms with E-state index >= 15 is 0 Å². The third-order valence-corrected chi connectivity index (χ3v) is 3.51. The number of aryl methyl sites for hydroxylation is 1. The molecule has 0 spiro atoms. The van der Waals surface area contributed by atoms with Crippen LogP contribution in [0.5, 0.6) is 0 Å². The normalized spacial score (nSPS) is 10.9. The van der Waals surface area contributed by atoms with E-state index in [-0.39, 0.29) is 5.91 Å². The first kappa shape index (κ1) is 15.5. The molecule has 0 atom stereocenters. The number of carbonyl (C=O) groups is 1. The summed E-state index contributed by atoms with van der Waals surface area (Å²) < 4.78 is 1.51. The second-order valence-corrected chi connectivity index (χ2v) is 5.10. The largest absolute Gasteiger partial charge is 0.271 e. The molecule has 120 valence electrons. The third-order valence-electron chi connectivity index (χ3n) is 3.51. The standard InChI is InChI=1S/C17H16N6O/c1-2-13-3-5-14(6-4-13)11-18-20-17(24)15-7-9-16(10-8-15)23-12-19-21-22-23/h3-12H,2H2,1H3,(H,20,24)/b18-11-. The van der Waals surface area contributed by atoms with Crippen LogP contribution in [-0.4, -0.2) is 32.3 Å². The Kier molecular flexibility index (Phi) is 4.71. The van der Waals surface area contributed by atoms with E-state index in [1.165, 1.54) is 16.6 Å². The number of aromatic nitrogens is 4. The van der Waals surface area contributed by atoms with E-state index in [0.717, 1.165) is 17.7 Å². The van der Waals surface area contributed by atoms with E-state index in [4.69, 9.17) is 0 Å². The molecular weight excluding hydrogens is 304 g/mol. The molecular formula is C17H16N6O. The van der Waals surface area contributed by atoms with Gasteiger partial charge in [-0.2, -0.15) is 5.10 Å². The van der Waals surface area contributed by atoms with Crippen molar-refractivity contribution in [1.29, 1.82) is 0 Å². The predicted octanol–water partition coefficient (Wildman–Crippen LogP) is 1.99. The van der Waals surface area contributed by atoms with Crippen LogP contribution >= 0.6 is 0 Å². The second kappa shape index (κ2) is 7.28. The molecule has 24 heavy (non-hydrogen) atoms. The van der Waals surface area contributed by atoms with Gasteiger partial charge in [-0.15, -0.1) is 5.10 Å². The molecule has 0 saturated carbocycles. The van der Waals surface area contributed by atoms with Crippen molar-refractivity contribution in [1.82, 2.24) is 25.6 Å². The summed E-state index contributed by atoms with van der Waals surface area (Å²) in [5.74, 6) is -0.278. The Balaban J connectivity index is 1.61. The van der Waals surface area contributed by atoms with Gasteiger partial charge in [-0.05, 0) is 52.2 Å². The SMILES string of the molecule is CCc1ccc(/C=N\NC(=O)c2ccc(-n3cnnn3)cc2)cc1. The van der Waals surface area contributed by atoms with Crippen LogP contribution in [0.2, 0.25) is 0 Å². The molecule has 0 fully saturated rings. The first-order valence-electron chi connectivity index (χ1n) is 7.52. The number of benzene rings is 2. The lowest BCUT2D eigenvalue weighted by molar-refractivity contribution is 0.0955. The van der Waals surface area contributed by atoms with E-state index in [9.17, 15) is 4.79 Å². The summed E-state index contributed by atoms with van der Waals surface area (Å²) in [4.78, 5) is 12.1. The summed E-state index contributed by atoms with van der Waals surface area (Å²) in [5.41, 5.74) is 5.99. The summed E-state index contributed by atoms with van der Waals surface area (Å²) in [5, 5.41) is 14.9. The summed E-state index contributed by atoms with van der Waals surface area (Å²) in [6.45, 7) is 2.11. The monoisotopic (exact) mass is 320 g/mol. The van der Waals surface area contributed by atoms with Crippen LogP contribution in [-0.2, 0) is 6.42 Å². The van der Waals surface area contributed by atoms with Crippen LogP contribution in [0, 0.1) is 0 Å². The molecule has 3 aromatic rings. The zero-order valence-electron chi connectivity index (χ0n) is 13.1. The van der Waals surface area contributed by atoms with Crippen molar-refractivity contribution < 1.29 is 4.79 Å². The van der Waals surface area contributed by atoms with Crippen molar-refractivity contribution in [2.75, 3.05) is 0 Å². The molecule has 0 aliphatic carbocycles. The third kappa shape index (κ3) is 3.70. The average molecular weight is 320 g/mol. The van der Waals surface area contributed by atoms with Gasteiger partial charge >= 0.3 is 0 Å². The number of amides is 1. The Morgan fingerprint density at radius 1 is 1.17 bits per heavy atom. The summed E-state index contributed by atoms with van der Waals surface area (Å²) in [6, 6.07) is 14.9. The lowest BCUT2D eigenvalue weighted by atomic mass is 10.1.